The van der Waals surface area contributed by atoms with Crippen LogP contribution in [0, 0.1) is 5.41 Å². The Morgan fingerprint density at radius 1 is 1.22 bits per heavy atom. The number of furan rings is 1. The van der Waals surface area contributed by atoms with Gasteiger partial charge in [-0.05, 0) is 30.5 Å². The van der Waals surface area contributed by atoms with Gasteiger partial charge >= 0.3 is 0 Å². The van der Waals surface area contributed by atoms with E-state index in [1.54, 1.807) is 0 Å². The van der Waals surface area contributed by atoms with Crippen molar-refractivity contribution in [2.24, 2.45) is 5.41 Å². The summed E-state index contributed by atoms with van der Waals surface area (Å²) in [5, 5.41) is 4.77. The van der Waals surface area contributed by atoms with E-state index in [0.29, 0.717) is 0 Å². The molecule has 0 spiro atoms. The molecule has 1 heterocycles. The highest BCUT2D eigenvalue weighted by atomic mass is 16.3. The van der Waals surface area contributed by atoms with Gasteiger partial charge in [-0.15, -0.1) is 0 Å². The SMILES string of the molecule is CCCNC(c1cc2ccccc2o1)C(C)(C)C. The standard InChI is InChI=1S/C16H23NO/c1-5-10-17-15(16(2,3)4)14-11-12-8-6-7-9-13(12)18-14/h6-9,11,15,17H,5,10H2,1-4H3. The first-order valence-corrected chi connectivity index (χ1v) is 6.74. The van der Waals surface area contributed by atoms with Crippen LogP contribution in [0.2, 0.25) is 0 Å². The van der Waals surface area contributed by atoms with E-state index >= 15 is 0 Å². The van der Waals surface area contributed by atoms with Gasteiger partial charge in [-0.1, -0.05) is 45.9 Å². The highest BCUT2D eigenvalue weighted by Crippen LogP contribution is 2.35. The number of fused-ring (bicyclic) bond motifs is 1. The first-order chi connectivity index (χ1) is 8.52. The van der Waals surface area contributed by atoms with Crippen LogP contribution < -0.4 is 5.32 Å². The second-order valence-corrected chi connectivity index (χ2v) is 5.94. The Hall–Kier alpha value is -1.28. The molecule has 2 heteroatoms. The average Bonchev–Trinajstić information content (AvgIpc) is 2.70. The van der Waals surface area contributed by atoms with E-state index in [2.05, 4.69) is 45.1 Å². The normalized spacial score (nSPS) is 14.0. The highest BCUT2D eigenvalue weighted by molar-refractivity contribution is 5.77. The molecule has 0 aliphatic carbocycles. The molecule has 0 fully saturated rings. The van der Waals surface area contributed by atoms with Crippen molar-refractivity contribution in [1.82, 2.24) is 5.32 Å². The summed E-state index contributed by atoms with van der Waals surface area (Å²) in [6.45, 7) is 9.93. The van der Waals surface area contributed by atoms with Gasteiger partial charge in [0.15, 0.2) is 0 Å². The average molecular weight is 245 g/mol. The van der Waals surface area contributed by atoms with Gasteiger partial charge in [0.25, 0.3) is 0 Å². The minimum Gasteiger partial charge on any atom is -0.459 e. The van der Waals surface area contributed by atoms with E-state index in [-0.39, 0.29) is 11.5 Å². The maximum Gasteiger partial charge on any atom is 0.134 e. The molecule has 18 heavy (non-hydrogen) atoms. The molecule has 0 amide bonds. The van der Waals surface area contributed by atoms with Gasteiger partial charge in [-0.2, -0.15) is 0 Å². The molecular weight excluding hydrogens is 222 g/mol. The molecule has 2 nitrogen and oxygen atoms in total. The highest BCUT2D eigenvalue weighted by Gasteiger charge is 2.28. The molecule has 1 atom stereocenters. The first kappa shape index (κ1) is 13.2. The largest absolute Gasteiger partial charge is 0.459 e. The fourth-order valence-corrected chi connectivity index (χ4v) is 2.27. The maximum absolute atomic E-state index is 5.99. The van der Waals surface area contributed by atoms with Crippen LogP contribution in [0.15, 0.2) is 34.7 Å². The van der Waals surface area contributed by atoms with E-state index in [0.717, 1.165) is 24.3 Å². The van der Waals surface area contributed by atoms with E-state index in [9.17, 15) is 0 Å². The number of para-hydroxylation sites is 1. The topological polar surface area (TPSA) is 25.2 Å². The summed E-state index contributed by atoms with van der Waals surface area (Å²) in [4.78, 5) is 0. The van der Waals surface area contributed by atoms with E-state index in [1.807, 2.05) is 18.2 Å². The maximum atomic E-state index is 5.99. The number of benzene rings is 1. The molecule has 0 saturated carbocycles. The molecule has 2 rings (SSSR count). The van der Waals surface area contributed by atoms with Gasteiger partial charge in [-0.25, -0.2) is 0 Å². The second-order valence-electron chi connectivity index (χ2n) is 5.94. The van der Waals surface area contributed by atoms with Crippen LogP contribution in [0.5, 0.6) is 0 Å². The van der Waals surface area contributed by atoms with Crippen LogP contribution in [0.1, 0.15) is 45.9 Å². The molecule has 0 aliphatic heterocycles. The minimum absolute atomic E-state index is 0.142. The Labute approximate surface area is 109 Å². The van der Waals surface area contributed by atoms with Crippen molar-refractivity contribution < 1.29 is 4.42 Å². The van der Waals surface area contributed by atoms with Crippen molar-refractivity contribution in [3.63, 3.8) is 0 Å². The molecule has 1 aromatic heterocycles. The fourth-order valence-electron chi connectivity index (χ4n) is 2.27. The summed E-state index contributed by atoms with van der Waals surface area (Å²) in [7, 11) is 0. The molecular formula is C16H23NO. The zero-order chi connectivity index (χ0) is 13.2. The first-order valence-electron chi connectivity index (χ1n) is 6.74. The third-order valence-corrected chi connectivity index (χ3v) is 3.19. The summed E-state index contributed by atoms with van der Waals surface area (Å²) < 4.78 is 5.99. The predicted octanol–water partition coefficient (Wildman–Crippen LogP) is 4.52. The van der Waals surface area contributed by atoms with Crippen molar-refractivity contribution in [2.45, 2.75) is 40.2 Å². The fraction of sp³-hybridized carbons (Fsp3) is 0.500. The molecule has 1 unspecified atom stereocenters. The van der Waals surface area contributed by atoms with Gasteiger partial charge in [0.05, 0.1) is 6.04 Å². The van der Waals surface area contributed by atoms with Gasteiger partial charge in [0.1, 0.15) is 11.3 Å². The van der Waals surface area contributed by atoms with E-state index < -0.39 is 0 Å². The van der Waals surface area contributed by atoms with Crippen molar-refractivity contribution in [3.8, 4) is 0 Å². The van der Waals surface area contributed by atoms with Crippen LogP contribution in [0.4, 0.5) is 0 Å². The van der Waals surface area contributed by atoms with Crippen LogP contribution in [-0.4, -0.2) is 6.54 Å². The monoisotopic (exact) mass is 245 g/mol. The quantitative estimate of drug-likeness (QED) is 0.856. The number of rotatable bonds is 4. The molecule has 0 aliphatic rings. The van der Waals surface area contributed by atoms with Gasteiger partial charge in [0.2, 0.25) is 0 Å². The van der Waals surface area contributed by atoms with Gasteiger partial charge in [0, 0.05) is 5.39 Å². The summed E-state index contributed by atoms with van der Waals surface area (Å²) in [6.07, 6.45) is 1.13. The lowest BCUT2D eigenvalue weighted by Crippen LogP contribution is -2.32. The lowest BCUT2D eigenvalue weighted by molar-refractivity contribution is 0.242. The molecule has 0 saturated heterocycles. The Morgan fingerprint density at radius 3 is 2.56 bits per heavy atom. The molecule has 1 N–H and O–H groups in total. The van der Waals surface area contributed by atoms with E-state index in [1.165, 1.54) is 5.39 Å². The van der Waals surface area contributed by atoms with Crippen molar-refractivity contribution in [1.29, 1.82) is 0 Å². The zero-order valence-electron chi connectivity index (χ0n) is 11.8. The number of hydrogen-bond acceptors (Lipinski definition) is 2. The van der Waals surface area contributed by atoms with Gasteiger partial charge < -0.3 is 9.73 Å². The second kappa shape index (κ2) is 5.15. The lowest BCUT2D eigenvalue weighted by Gasteiger charge is -2.29. The summed E-state index contributed by atoms with van der Waals surface area (Å²) in [5.41, 5.74) is 1.11. The zero-order valence-corrected chi connectivity index (χ0v) is 11.8. The number of hydrogen-bond donors (Lipinski definition) is 1. The van der Waals surface area contributed by atoms with E-state index in [4.69, 9.17) is 4.42 Å². The molecule has 2 aromatic rings. The van der Waals surface area contributed by atoms with Crippen molar-refractivity contribution in [2.75, 3.05) is 6.54 Å². The smallest absolute Gasteiger partial charge is 0.134 e. The summed E-state index contributed by atoms with van der Waals surface area (Å²) in [6, 6.07) is 10.6. The third kappa shape index (κ3) is 2.75. The van der Waals surface area contributed by atoms with Crippen LogP contribution >= 0.6 is 0 Å². The predicted molar refractivity (Wildman–Crippen MR) is 76.7 cm³/mol. The Morgan fingerprint density at radius 2 is 1.94 bits per heavy atom. The summed E-state index contributed by atoms with van der Waals surface area (Å²) in [5.74, 6) is 1.04. The van der Waals surface area contributed by atoms with Crippen molar-refractivity contribution >= 4 is 11.0 Å². The van der Waals surface area contributed by atoms with Crippen LogP contribution in [0.25, 0.3) is 11.0 Å². The number of nitrogens with one attached hydrogen (secondary N) is 1. The molecule has 0 bridgehead atoms. The van der Waals surface area contributed by atoms with Gasteiger partial charge in [-0.3, -0.25) is 0 Å². The minimum atomic E-state index is 0.142. The molecule has 0 radical (unpaired) electrons. The third-order valence-electron chi connectivity index (χ3n) is 3.19. The summed E-state index contributed by atoms with van der Waals surface area (Å²) >= 11 is 0. The molecule has 1 aromatic carbocycles. The lowest BCUT2D eigenvalue weighted by atomic mass is 9.85. The van der Waals surface area contributed by atoms with Crippen LogP contribution in [-0.2, 0) is 0 Å². The Bertz CT molecular complexity index is 474. The van der Waals surface area contributed by atoms with Crippen LogP contribution in [0.3, 0.4) is 0 Å². The Kier molecular flexibility index (Phi) is 3.76. The Balaban J connectivity index is 2.35. The molecule has 98 valence electrons. The van der Waals surface area contributed by atoms with Crippen molar-refractivity contribution in [3.05, 3.63) is 36.1 Å².